The topological polar surface area (TPSA) is 55.3 Å². The number of carbonyl (C=O) groups excluding carboxylic acids is 1. The summed E-state index contributed by atoms with van der Waals surface area (Å²) in [5.41, 5.74) is 0.735. The number of amides is 1. The number of likely N-dealkylation sites (tertiary alicyclic amines) is 1. The van der Waals surface area contributed by atoms with E-state index < -0.39 is 0 Å². The lowest BCUT2D eigenvalue weighted by Gasteiger charge is -2.18. The van der Waals surface area contributed by atoms with Crippen molar-refractivity contribution in [2.24, 2.45) is 0 Å². The highest BCUT2D eigenvalue weighted by Gasteiger charge is 2.29. The minimum absolute atomic E-state index is 0.0413. The molecule has 0 aliphatic carbocycles. The molecule has 25 heavy (non-hydrogen) atoms. The molecule has 1 aromatic heterocycles. The smallest absolute Gasteiger partial charge is 0.316 e. The van der Waals surface area contributed by atoms with Gasteiger partial charge in [0.15, 0.2) is 0 Å². The van der Waals surface area contributed by atoms with Crippen molar-refractivity contribution in [3.05, 3.63) is 64.9 Å². The zero-order valence-electron chi connectivity index (χ0n) is 13.4. The Hall–Kier alpha value is -2.47. The maximum Gasteiger partial charge on any atom is 0.316 e. The second-order valence-electron chi connectivity index (χ2n) is 5.99. The Balaban J connectivity index is 1.49. The minimum atomic E-state index is -0.0832. The Morgan fingerprint density at radius 2 is 1.88 bits per heavy atom. The molecule has 126 valence electrons. The number of aromatic nitrogens is 2. The molecular weight excluding hydrogens is 382 g/mol. The summed E-state index contributed by atoms with van der Waals surface area (Å²) in [6.07, 6.45) is 3.99. The van der Waals surface area contributed by atoms with Crippen LogP contribution >= 0.6 is 15.9 Å². The van der Waals surface area contributed by atoms with Crippen molar-refractivity contribution in [3.8, 4) is 6.01 Å². The zero-order valence-corrected chi connectivity index (χ0v) is 15.0. The summed E-state index contributed by atoms with van der Waals surface area (Å²) in [7, 11) is 0. The molecule has 1 fully saturated rings. The van der Waals surface area contributed by atoms with Crippen molar-refractivity contribution in [2.75, 3.05) is 13.1 Å². The van der Waals surface area contributed by atoms with Gasteiger partial charge < -0.3 is 9.64 Å². The number of rotatable bonds is 3. The number of fused-ring (bicyclic) bond motifs is 1. The van der Waals surface area contributed by atoms with Crippen molar-refractivity contribution < 1.29 is 9.53 Å². The van der Waals surface area contributed by atoms with Gasteiger partial charge in [-0.25, -0.2) is 9.97 Å². The number of nitrogens with zero attached hydrogens (tertiary/aromatic N) is 3. The first-order valence-electron chi connectivity index (χ1n) is 8.12. The monoisotopic (exact) mass is 397 g/mol. The summed E-state index contributed by atoms with van der Waals surface area (Å²) < 4.78 is 6.60. The van der Waals surface area contributed by atoms with E-state index in [1.807, 2.05) is 47.4 Å². The molecular formula is C19H16BrN3O2. The molecule has 1 atom stereocenters. The molecule has 1 saturated heterocycles. The van der Waals surface area contributed by atoms with E-state index in [1.54, 1.807) is 12.4 Å². The van der Waals surface area contributed by atoms with E-state index in [0.717, 1.165) is 27.2 Å². The van der Waals surface area contributed by atoms with Gasteiger partial charge in [0.2, 0.25) is 0 Å². The van der Waals surface area contributed by atoms with Gasteiger partial charge in [-0.1, -0.05) is 36.4 Å². The Kier molecular flexibility index (Phi) is 4.36. The van der Waals surface area contributed by atoms with Crippen LogP contribution in [0.5, 0.6) is 6.01 Å². The van der Waals surface area contributed by atoms with Gasteiger partial charge >= 0.3 is 6.01 Å². The van der Waals surface area contributed by atoms with Gasteiger partial charge in [-0.2, -0.15) is 0 Å². The van der Waals surface area contributed by atoms with Gasteiger partial charge in [-0.15, -0.1) is 0 Å². The van der Waals surface area contributed by atoms with Crippen LogP contribution in [-0.4, -0.2) is 40.0 Å². The third-order valence-corrected chi connectivity index (χ3v) is 4.73. The first-order valence-corrected chi connectivity index (χ1v) is 8.91. The summed E-state index contributed by atoms with van der Waals surface area (Å²) in [6, 6.07) is 14.1. The highest BCUT2D eigenvalue weighted by atomic mass is 79.9. The van der Waals surface area contributed by atoms with Crippen LogP contribution in [0.25, 0.3) is 10.8 Å². The van der Waals surface area contributed by atoms with Crippen molar-refractivity contribution in [1.82, 2.24) is 14.9 Å². The van der Waals surface area contributed by atoms with E-state index in [2.05, 4.69) is 25.9 Å². The highest BCUT2D eigenvalue weighted by Crippen LogP contribution is 2.23. The molecule has 1 aliphatic heterocycles. The fraction of sp³-hybridized carbons (Fsp3) is 0.211. The number of hydrogen-bond acceptors (Lipinski definition) is 4. The van der Waals surface area contributed by atoms with Crippen LogP contribution in [0.15, 0.2) is 59.3 Å². The molecule has 0 unspecified atom stereocenters. The Morgan fingerprint density at radius 1 is 1.12 bits per heavy atom. The van der Waals surface area contributed by atoms with Crippen LogP contribution < -0.4 is 4.74 Å². The average Bonchev–Trinajstić information content (AvgIpc) is 3.11. The number of halogens is 1. The summed E-state index contributed by atoms with van der Waals surface area (Å²) in [6.45, 7) is 1.21. The van der Waals surface area contributed by atoms with Gasteiger partial charge in [0.05, 0.1) is 11.0 Å². The molecule has 2 aromatic carbocycles. The third kappa shape index (κ3) is 3.35. The molecule has 4 rings (SSSR count). The van der Waals surface area contributed by atoms with Crippen LogP contribution in [0.1, 0.15) is 16.8 Å². The normalized spacial score (nSPS) is 17.0. The van der Waals surface area contributed by atoms with Crippen LogP contribution in [-0.2, 0) is 0 Å². The van der Waals surface area contributed by atoms with Crippen molar-refractivity contribution in [2.45, 2.75) is 12.5 Å². The standard InChI is InChI=1S/C19H16BrN3O2/c20-14-10-21-19(22-11-14)25-15-8-9-23(12-15)18(24)17-7-3-5-13-4-1-2-6-16(13)17/h1-7,10-11,15H,8-9,12H2/t15-/m0/s1. The molecule has 0 bridgehead atoms. The highest BCUT2D eigenvalue weighted by molar-refractivity contribution is 9.10. The molecule has 1 amide bonds. The van der Waals surface area contributed by atoms with Crippen LogP contribution in [0, 0.1) is 0 Å². The number of carbonyl (C=O) groups is 1. The second-order valence-corrected chi connectivity index (χ2v) is 6.91. The predicted octanol–water partition coefficient (Wildman–Crippen LogP) is 3.69. The van der Waals surface area contributed by atoms with Crippen LogP contribution in [0.4, 0.5) is 0 Å². The van der Waals surface area contributed by atoms with Crippen molar-refractivity contribution in [1.29, 1.82) is 0 Å². The van der Waals surface area contributed by atoms with E-state index in [4.69, 9.17) is 4.74 Å². The molecule has 0 N–H and O–H groups in total. The predicted molar refractivity (Wildman–Crippen MR) is 98.6 cm³/mol. The van der Waals surface area contributed by atoms with Gasteiger partial charge in [-0.05, 0) is 32.8 Å². The SMILES string of the molecule is O=C(c1cccc2ccccc12)N1CC[C@H](Oc2ncc(Br)cn2)C1. The molecule has 0 saturated carbocycles. The van der Waals surface area contributed by atoms with Gasteiger partial charge in [0, 0.05) is 30.9 Å². The summed E-state index contributed by atoms with van der Waals surface area (Å²) >= 11 is 3.30. The third-order valence-electron chi connectivity index (χ3n) is 4.32. The fourth-order valence-electron chi connectivity index (χ4n) is 3.10. The lowest BCUT2D eigenvalue weighted by molar-refractivity contribution is 0.0771. The van der Waals surface area contributed by atoms with Crippen molar-refractivity contribution in [3.63, 3.8) is 0 Å². The van der Waals surface area contributed by atoms with Gasteiger partial charge in [-0.3, -0.25) is 4.79 Å². The van der Waals surface area contributed by atoms with E-state index in [-0.39, 0.29) is 12.0 Å². The van der Waals surface area contributed by atoms with E-state index in [0.29, 0.717) is 19.1 Å². The molecule has 6 heteroatoms. The summed E-state index contributed by atoms with van der Waals surface area (Å²) in [5, 5.41) is 2.05. The Bertz CT molecular complexity index is 909. The quantitative estimate of drug-likeness (QED) is 0.676. The molecule has 0 radical (unpaired) electrons. The molecule has 3 aromatic rings. The lowest BCUT2D eigenvalue weighted by atomic mass is 10.0. The maximum absolute atomic E-state index is 12.9. The fourth-order valence-corrected chi connectivity index (χ4v) is 3.31. The summed E-state index contributed by atoms with van der Waals surface area (Å²) in [4.78, 5) is 23.0. The largest absolute Gasteiger partial charge is 0.458 e. The van der Waals surface area contributed by atoms with E-state index >= 15 is 0 Å². The van der Waals surface area contributed by atoms with Crippen LogP contribution in [0.3, 0.4) is 0 Å². The molecule has 0 spiro atoms. The van der Waals surface area contributed by atoms with Crippen molar-refractivity contribution >= 4 is 32.6 Å². The Morgan fingerprint density at radius 3 is 2.72 bits per heavy atom. The summed E-state index contributed by atoms with van der Waals surface area (Å²) in [5.74, 6) is 0.0413. The molecule has 5 nitrogen and oxygen atoms in total. The number of hydrogen-bond donors (Lipinski definition) is 0. The maximum atomic E-state index is 12.9. The first kappa shape index (κ1) is 16.0. The Labute approximate surface area is 153 Å². The van der Waals surface area contributed by atoms with E-state index in [1.165, 1.54) is 0 Å². The zero-order chi connectivity index (χ0) is 17.2. The second kappa shape index (κ2) is 6.80. The van der Waals surface area contributed by atoms with Crippen LogP contribution in [0.2, 0.25) is 0 Å². The average molecular weight is 398 g/mol. The van der Waals surface area contributed by atoms with E-state index in [9.17, 15) is 4.79 Å². The number of benzene rings is 2. The number of ether oxygens (including phenoxy) is 1. The molecule has 2 heterocycles. The minimum Gasteiger partial charge on any atom is -0.458 e. The van der Waals surface area contributed by atoms with Gasteiger partial charge in [0.25, 0.3) is 5.91 Å². The first-order chi connectivity index (χ1) is 12.2. The molecule has 1 aliphatic rings. The van der Waals surface area contributed by atoms with Gasteiger partial charge in [0.1, 0.15) is 6.10 Å². The lowest BCUT2D eigenvalue weighted by Crippen LogP contribution is -2.31.